The van der Waals surface area contributed by atoms with Gasteiger partial charge in [0.1, 0.15) is 10.7 Å². The van der Waals surface area contributed by atoms with Crippen LogP contribution in [0.25, 0.3) is 10.2 Å². The summed E-state index contributed by atoms with van der Waals surface area (Å²) in [6.07, 6.45) is 9.22. The molecular formula is C22H31N3O3S. The van der Waals surface area contributed by atoms with Gasteiger partial charge in [-0.15, -0.1) is 11.3 Å². The van der Waals surface area contributed by atoms with Crippen LogP contribution in [0.15, 0.2) is 4.79 Å². The molecule has 0 saturated heterocycles. The van der Waals surface area contributed by atoms with Crippen molar-refractivity contribution in [3.05, 3.63) is 26.6 Å². The summed E-state index contributed by atoms with van der Waals surface area (Å²) >= 11 is 1.33. The van der Waals surface area contributed by atoms with Gasteiger partial charge >= 0.3 is 0 Å². The Morgan fingerprint density at radius 1 is 1.24 bits per heavy atom. The van der Waals surface area contributed by atoms with Crippen LogP contribution >= 0.6 is 11.3 Å². The minimum absolute atomic E-state index is 0.00863. The van der Waals surface area contributed by atoms with E-state index in [0.29, 0.717) is 40.3 Å². The standard InChI is InChI=1S/C22H31N3O3S/c1-14-8-5-6-9-16(14)28-13-11-23-20(26)19-15(2)18-21(29-19)24-17-10-4-3-7-12-25(17)22(18)27/h14,16H,3-13H2,1-2H3,(H,23,26). The second kappa shape index (κ2) is 8.96. The van der Waals surface area contributed by atoms with Crippen molar-refractivity contribution in [2.45, 2.75) is 77.9 Å². The average molecular weight is 418 g/mol. The van der Waals surface area contributed by atoms with E-state index in [-0.39, 0.29) is 11.5 Å². The quantitative estimate of drug-likeness (QED) is 0.751. The molecule has 2 aromatic rings. The number of fused-ring (bicyclic) bond motifs is 2. The number of carbonyl (C=O) groups is 1. The molecule has 4 rings (SSSR count). The molecule has 29 heavy (non-hydrogen) atoms. The molecule has 2 aromatic heterocycles. The zero-order chi connectivity index (χ0) is 20.4. The van der Waals surface area contributed by atoms with Crippen molar-refractivity contribution in [2.24, 2.45) is 5.92 Å². The summed E-state index contributed by atoms with van der Waals surface area (Å²) in [6.45, 7) is 5.85. The van der Waals surface area contributed by atoms with Crippen molar-refractivity contribution in [1.29, 1.82) is 0 Å². The Bertz CT molecular complexity index is 949. The Morgan fingerprint density at radius 3 is 2.90 bits per heavy atom. The third kappa shape index (κ3) is 4.26. The first kappa shape index (κ1) is 20.5. The summed E-state index contributed by atoms with van der Waals surface area (Å²) < 4.78 is 7.81. The van der Waals surface area contributed by atoms with E-state index in [4.69, 9.17) is 9.72 Å². The van der Waals surface area contributed by atoms with E-state index in [1.807, 2.05) is 11.5 Å². The molecule has 0 radical (unpaired) electrons. The Labute approximate surface area is 175 Å². The molecule has 1 fully saturated rings. The van der Waals surface area contributed by atoms with E-state index in [1.54, 1.807) is 0 Å². The lowest BCUT2D eigenvalue weighted by molar-refractivity contribution is -0.00292. The van der Waals surface area contributed by atoms with Gasteiger partial charge in [0.05, 0.1) is 23.0 Å². The van der Waals surface area contributed by atoms with E-state index in [9.17, 15) is 9.59 Å². The third-order valence-electron chi connectivity index (χ3n) is 6.37. The summed E-state index contributed by atoms with van der Waals surface area (Å²) in [6, 6.07) is 0. The minimum Gasteiger partial charge on any atom is -0.376 e. The summed E-state index contributed by atoms with van der Waals surface area (Å²) in [5.74, 6) is 1.33. The molecule has 3 heterocycles. The van der Waals surface area contributed by atoms with Crippen LogP contribution in [0, 0.1) is 12.8 Å². The van der Waals surface area contributed by atoms with Crippen molar-refractivity contribution in [3.8, 4) is 0 Å². The van der Waals surface area contributed by atoms with Crippen molar-refractivity contribution >= 4 is 27.5 Å². The van der Waals surface area contributed by atoms with Gasteiger partial charge in [0, 0.05) is 19.5 Å². The Balaban J connectivity index is 1.44. The second-order valence-electron chi connectivity index (χ2n) is 8.46. The zero-order valence-electron chi connectivity index (χ0n) is 17.5. The van der Waals surface area contributed by atoms with Gasteiger partial charge in [-0.1, -0.05) is 26.2 Å². The van der Waals surface area contributed by atoms with Gasteiger partial charge in [-0.3, -0.25) is 14.2 Å². The fraction of sp³-hybridized carbons (Fsp3) is 0.682. The molecule has 158 valence electrons. The summed E-state index contributed by atoms with van der Waals surface area (Å²) in [5, 5.41) is 3.57. The normalized spacial score (nSPS) is 22.3. The van der Waals surface area contributed by atoms with Gasteiger partial charge in [0.25, 0.3) is 11.5 Å². The fourth-order valence-electron chi connectivity index (χ4n) is 4.61. The molecule has 2 atom stereocenters. The van der Waals surface area contributed by atoms with Gasteiger partial charge in [-0.05, 0) is 44.1 Å². The molecule has 1 amide bonds. The summed E-state index contributed by atoms with van der Waals surface area (Å²) in [7, 11) is 0. The fourth-order valence-corrected chi connectivity index (χ4v) is 5.72. The number of ether oxygens (including phenoxy) is 1. The number of nitrogens with one attached hydrogen (secondary N) is 1. The monoisotopic (exact) mass is 417 g/mol. The van der Waals surface area contributed by atoms with Crippen LogP contribution in [0.3, 0.4) is 0 Å². The lowest BCUT2D eigenvalue weighted by atomic mass is 9.88. The van der Waals surface area contributed by atoms with Crippen molar-refractivity contribution in [1.82, 2.24) is 14.9 Å². The van der Waals surface area contributed by atoms with Crippen LogP contribution < -0.4 is 10.9 Å². The first-order chi connectivity index (χ1) is 14.1. The minimum atomic E-state index is -0.134. The lowest BCUT2D eigenvalue weighted by Gasteiger charge is -2.28. The molecule has 1 aliphatic carbocycles. The van der Waals surface area contributed by atoms with Gasteiger partial charge < -0.3 is 10.1 Å². The van der Waals surface area contributed by atoms with Crippen LogP contribution in [-0.2, 0) is 17.7 Å². The average Bonchev–Trinajstić information content (AvgIpc) is 2.88. The maximum absolute atomic E-state index is 13.0. The molecular weight excluding hydrogens is 386 g/mol. The van der Waals surface area contributed by atoms with Gasteiger partial charge in [-0.2, -0.15) is 0 Å². The van der Waals surface area contributed by atoms with Crippen LogP contribution in [0.2, 0.25) is 0 Å². The van der Waals surface area contributed by atoms with Crippen LogP contribution in [-0.4, -0.2) is 34.7 Å². The Hall–Kier alpha value is -1.73. The van der Waals surface area contributed by atoms with Gasteiger partial charge in [-0.25, -0.2) is 4.98 Å². The molecule has 1 aliphatic heterocycles. The van der Waals surface area contributed by atoms with E-state index < -0.39 is 0 Å². The largest absolute Gasteiger partial charge is 0.376 e. The maximum Gasteiger partial charge on any atom is 0.262 e. The number of hydrogen-bond acceptors (Lipinski definition) is 5. The van der Waals surface area contributed by atoms with E-state index in [0.717, 1.165) is 50.0 Å². The first-order valence-electron chi connectivity index (χ1n) is 11.0. The van der Waals surface area contributed by atoms with E-state index in [1.165, 1.54) is 30.6 Å². The van der Waals surface area contributed by atoms with Crippen molar-refractivity contribution in [3.63, 3.8) is 0 Å². The molecule has 7 heteroatoms. The molecule has 0 bridgehead atoms. The zero-order valence-corrected chi connectivity index (χ0v) is 18.3. The summed E-state index contributed by atoms with van der Waals surface area (Å²) in [4.78, 5) is 31.8. The van der Waals surface area contributed by atoms with Crippen LogP contribution in [0.4, 0.5) is 0 Å². The molecule has 2 aliphatic rings. The van der Waals surface area contributed by atoms with Crippen molar-refractivity contribution in [2.75, 3.05) is 13.2 Å². The SMILES string of the molecule is Cc1c(C(=O)NCCOC2CCCCC2C)sc2nc3n(c(=O)c12)CCCCC3. The smallest absolute Gasteiger partial charge is 0.262 e. The van der Waals surface area contributed by atoms with Gasteiger partial charge in [0.2, 0.25) is 0 Å². The van der Waals surface area contributed by atoms with Crippen LogP contribution in [0.5, 0.6) is 0 Å². The predicted octanol–water partition coefficient (Wildman–Crippen LogP) is 3.82. The summed E-state index contributed by atoms with van der Waals surface area (Å²) in [5.41, 5.74) is 0.760. The molecule has 6 nitrogen and oxygen atoms in total. The third-order valence-corrected chi connectivity index (χ3v) is 7.55. The molecule has 2 unspecified atom stereocenters. The Kier molecular flexibility index (Phi) is 6.35. The number of hydrogen-bond donors (Lipinski definition) is 1. The predicted molar refractivity (Wildman–Crippen MR) is 116 cm³/mol. The lowest BCUT2D eigenvalue weighted by Crippen LogP contribution is -2.31. The number of thiophene rings is 1. The molecule has 0 aromatic carbocycles. The highest BCUT2D eigenvalue weighted by Gasteiger charge is 2.23. The van der Waals surface area contributed by atoms with E-state index in [2.05, 4.69) is 12.2 Å². The number of aryl methyl sites for hydroxylation is 2. The second-order valence-corrected chi connectivity index (χ2v) is 9.46. The number of aromatic nitrogens is 2. The van der Waals surface area contributed by atoms with E-state index >= 15 is 0 Å². The number of carbonyl (C=O) groups excluding carboxylic acids is 1. The highest BCUT2D eigenvalue weighted by molar-refractivity contribution is 7.20. The first-order valence-corrected chi connectivity index (χ1v) is 11.8. The maximum atomic E-state index is 13.0. The number of amides is 1. The molecule has 0 spiro atoms. The van der Waals surface area contributed by atoms with Crippen molar-refractivity contribution < 1.29 is 9.53 Å². The number of nitrogens with zero attached hydrogens (tertiary/aromatic N) is 2. The molecule has 1 N–H and O–H groups in total. The highest BCUT2D eigenvalue weighted by atomic mass is 32.1. The van der Waals surface area contributed by atoms with Crippen LogP contribution in [0.1, 0.15) is 72.9 Å². The number of rotatable bonds is 5. The molecule has 1 saturated carbocycles. The Morgan fingerprint density at radius 2 is 2.07 bits per heavy atom. The topological polar surface area (TPSA) is 73.2 Å². The van der Waals surface area contributed by atoms with Gasteiger partial charge in [0.15, 0.2) is 0 Å². The highest BCUT2D eigenvalue weighted by Crippen LogP contribution is 2.28.